The van der Waals surface area contributed by atoms with Crippen LogP contribution < -0.4 is 9.62 Å². The number of benzene rings is 1. The fourth-order valence-corrected chi connectivity index (χ4v) is 3.35. The Balaban J connectivity index is 2.52. The summed E-state index contributed by atoms with van der Waals surface area (Å²) in [4.78, 5) is 16.8. The van der Waals surface area contributed by atoms with E-state index in [2.05, 4.69) is 9.71 Å². The highest BCUT2D eigenvalue weighted by Crippen LogP contribution is 2.27. The molecule has 0 aliphatic carbocycles. The molecule has 134 valence electrons. The molecule has 0 atom stereocenters. The second-order valence-electron chi connectivity index (χ2n) is 5.14. The molecular formula is C16H18FN3O4S. The van der Waals surface area contributed by atoms with E-state index < -0.39 is 21.8 Å². The third-order valence-electron chi connectivity index (χ3n) is 3.53. The van der Waals surface area contributed by atoms with Gasteiger partial charge in [0, 0.05) is 19.3 Å². The SMILES string of the molecule is CCN(CC)c1ncc(C(=O)O)cc1NS(=O)(=O)c1cccc(F)c1. The van der Waals surface area contributed by atoms with Crippen molar-refractivity contribution < 1.29 is 22.7 Å². The van der Waals surface area contributed by atoms with Crippen LogP contribution in [0.4, 0.5) is 15.9 Å². The number of aromatic carboxylic acids is 1. The lowest BCUT2D eigenvalue weighted by atomic mass is 10.2. The highest BCUT2D eigenvalue weighted by Gasteiger charge is 2.20. The van der Waals surface area contributed by atoms with Crippen LogP contribution in [0.5, 0.6) is 0 Å². The Morgan fingerprint density at radius 3 is 2.52 bits per heavy atom. The molecule has 0 spiro atoms. The van der Waals surface area contributed by atoms with Gasteiger partial charge in [0.1, 0.15) is 5.82 Å². The van der Waals surface area contributed by atoms with Crippen molar-refractivity contribution in [3.05, 3.63) is 47.9 Å². The minimum absolute atomic E-state index is 0.0212. The molecule has 2 rings (SSSR count). The van der Waals surface area contributed by atoms with Gasteiger partial charge < -0.3 is 10.0 Å². The summed E-state index contributed by atoms with van der Waals surface area (Å²) in [5.41, 5.74) is -0.138. The Bertz CT molecular complexity index is 883. The van der Waals surface area contributed by atoms with Gasteiger partial charge in [-0.25, -0.2) is 22.6 Å². The Kier molecular flexibility index (Phi) is 5.58. The van der Waals surface area contributed by atoms with Crippen molar-refractivity contribution in [2.75, 3.05) is 22.7 Å². The lowest BCUT2D eigenvalue weighted by molar-refractivity contribution is 0.0696. The summed E-state index contributed by atoms with van der Waals surface area (Å²) < 4.78 is 40.7. The number of nitrogens with zero attached hydrogens (tertiary/aromatic N) is 2. The van der Waals surface area contributed by atoms with Crippen molar-refractivity contribution >= 4 is 27.5 Å². The second kappa shape index (κ2) is 7.47. The number of carbonyl (C=O) groups is 1. The lowest BCUT2D eigenvalue weighted by Crippen LogP contribution is -2.25. The predicted octanol–water partition coefficient (Wildman–Crippen LogP) is 2.57. The van der Waals surface area contributed by atoms with E-state index in [0.29, 0.717) is 18.9 Å². The Labute approximate surface area is 145 Å². The second-order valence-corrected chi connectivity index (χ2v) is 6.82. The topological polar surface area (TPSA) is 99.6 Å². The molecule has 0 saturated carbocycles. The van der Waals surface area contributed by atoms with E-state index >= 15 is 0 Å². The van der Waals surface area contributed by atoms with Gasteiger partial charge in [0.25, 0.3) is 10.0 Å². The average Bonchev–Trinajstić information content (AvgIpc) is 2.56. The number of carboxylic acids is 1. The normalized spacial score (nSPS) is 11.2. The van der Waals surface area contributed by atoms with Gasteiger partial charge >= 0.3 is 5.97 Å². The van der Waals surface area contributed by atoms with Gasteiger partial charge in [-0.3, -0.25) is 4.72 Å². The van der Waals surface area contributed by atoms with Gasteiger partial charge in [0.2, 0.25) is 0 Å². The number of sulfonamides is 1. The number of pyridine rings is 1. The van der Waals surface area contributed by atoms with E-state index in [9.17, 15) is 17.6 Å². The summed E-state index contributed by atoms with van der Waals surface area (Å²) in [6.45, 7) is 4.82. The number of nitrogens with one attached hydrogen (secondary N) is 1. The third kappa shape index (κ3) is 4.24. The first-order chi connectivity index (χ1) is 11.8. The van der Waals surface area contributed by atoms with E-state index in [1.54, 1.807) is 4.90 Å². The summed E-state index contributed by atoms with van der Waals surface area (Å²) in [5.74, 6) is -1.62. The number of carboxylic acid groups (broad SMARTS) is 1. The number of aromatic nitrogens is 1. The highest BCUT2D eigenvalue weighted by molar-refractivity contribution is 7.92. The average molecular weight is 367 g/mol. The molecule has 0 unspecified atom stereocenters. The molecule has 0 aliphatic heterocycles. The van der Waals surface area contributed by atoms with Crippen LogP contribution in [-0.2, 0) is 10.0 Å². The number of hydrogen-bond donors (Lipinski definition) is 2. The van der Waals surface area contributed by atoms with E-state index in [1.807, 2.05) is 13.8 Å². The Morgan fingerprint density at radius 2 is 1.96 bits per heavy atom. The van der Waals surface area contributed by atoms with Crippen LogP contribution in [0.3, 0.4) is 0 Å². The van der Waals surface area contributed by atoms with Crippen LogP contribution >= 0.6 is 0 Å². The molecule has 2 N–H and O–H groups in total. The van der Waals surface area contributed by atoms with Crippen molar-refractivity contribution in [1.29, 1.82) is 0 Å². The summed E-state index contributed by atoms with van der Waals surface area (Å²) >= 11 is 0. The van der Waals surface area contributed by atoms with E-state index in [1.165, 1.54) is 18.2 Å². The Morgan fingerprint density at radius 1 is 1.28 bits per heavy atom. The third-order valence-corrected chi connectivity index (χ3v) is 4.89. The van der Waals surface area contributed by atoms with Crippen molar-refractivity contribution in [3.63, 3.8) is 0 Å². The maximum Gasteiger partial charge on any atom is 0.337 e. The molecule has 1 aromatic heterocycles. The summed E-state index contributed by atoms with van der Waals surface area (Å²) in [7, 11) is -4.10. The molecule has 0 fully saturated rings. The maximum atomic E-state index is 13.3. The quantitative estimate of drug-likeness (QED) is 0.780. The standard InChI is InChI=1S/C16H18FN3O4S/c1-3-20(4-2)15-14(8-11(10-18-15)16(21)22)19-25(23,24)13-7-5-6-12(17)9-13/h5-10,19H,3-4H2,1-2H3,(H,21,22). The molecule has 2 aromatic rings. The van der Waals surface area contributed by atoms with Gasteiger partial charge in [-0.15, -0.1) is 0 Å². The minimum Gasteiger partial charge on any atom is -0.478 e. The molecule has 1 heterocycles. The monoisotopic (exact) mass is 367 g/mol. The smallest absolute Gasteiger partial charge is 0.337 e. The number of hydrogen-bond acceptors (Lipinski definition) is 5. The molecule has 0 saturated heterocycles. The van der Waals surface area contributed by atoms with E-state index in [-0.39, 0.29) is 16.1 Å². The molecule has 0 aliphatic rings. The van der Waals surface area contributed by atoms with Crippen LogP contribution in [0.15, 0.2) is 41.4 Å². The van der Waals surface area contributed by atoms with Crippen molar-refractivity contribution in [2.24, 2.45) is 0 Å². The maximum absolute atomic E-state index is 13.3. The van der Waals surface area contributed by atoms with Crippen LogP contribution in [-0.4, -0.2) is 37.6 Å². The van der Waals surface area contributed by atoms with Crippen LogP contribution in [0.1, 0.15) is 24.2 Å². The van der Waals surface area contributed by atoms with Crippen molar-refractivity contribution in [1.82, 2.24) is 4.98 Å². The van der Waals surface area contributed by atoms with Crippen LogP contribution in [0.25, 0.3) is 0 Å². The predicted molar refractivity (Wildman–Crippen MR) is 92.0 cm³/mol. The van der Waals surface area contributed by atoms with Gasteiger partial charge in [0.05, 0.1) is 16.1 Å². The molecule has 7 nitrogen and oxygen atoms in total. The molecule has 1 aromatic carbocycles. The fourth-order valence-electron chi connectivity index (χ4n) is 2.26. The van der Waals surface area contributed by atoms with Gasteiger partial charge in [-0.1, -0.05) is 6.07 Å². The van der Waals surface area contributed by atoms with E-state index in [0.717, 1.165) is 18.3 Å². The molecule has 25 heavy (non-hydrogen) atoms. The first-order valence-corrected chi connectivity index (χ1v) is 9.03. The molecule has 0 amide bonds. The first kappa shape index (κ1) is 18.7. The Hall–Kier alpha value is -2.68. The van der Waals surface area contributed by atoms with Gasteiger partial charge in [-0.05, 0) is 38.1 Å². The lowest BCUT2D eigenvalue weighted by Gasteiger charge is -2.23. The molecular weight excluding hydrogens is 349 g/mol. The summed E-state index contributed by atoms with van der Waals surface area (Å²) in [5, 5.41) is 9.12. The van der Waals surface area contributed by atoms with Crippen molar-refractivity contribution in [3.8, 4) is 0 Å². The van der Waals surface area contributed by atoms with E-state index in [4.69, 9.17) is 5.11 Å². The summed E-state index contributed by atoms with van der Waals surface area (Å²) in [6, 6.07) is 5.73. The molecule has 0 bridgehead atoms. The zero-order chi connectivity index (χ0) is 18.6. The zero-order valence-corrected chi connectivity index (χ0v) is 14.5. The molecule has 0 radical (unpaired) electrons. The fraction of sp³-hybridized carbons (Fsp3) is 0.250. The van der Waals surface area contributed by atoms with Crippen molar-refractivity contribution in [2.45, 2.75) is 18.7 Å². The molecule has 9 heteroatoms. The van der Waals surface area contributed by atoms with Gasteiger partial charge in [0.15, 0.2) is 5.82 Å². The first-order valence-electron chi connectivity index (χ1n) is 7.55. The summed E-state index contributed by atoms with van der Waals surface area (Å²) in [6.07, 6.45) is 1.16. The zero-order valence-electron chi connectivity index (χ0n) is 13.7. The highest BCUT2D eigenvalue weighted by atomic mass is 32.2. The van der Waals surface area contributed by atoms with Gasteiger partial charge in [-0.2, -0.15) is 0 Å². The largest absolute Gasteiger partial charge is 0.478 e. The minimum atomic E-state index is -4.10. The number of anilines is 2. The number of rotatable bonds is 7. The number of halogens is 1. The van der Waals surface area contributed by atoms with Crippen LogP contribution in [0.2, 0.25) is 0 Å². The van der Waals surface area contributed by atoms with Crippen LogP contribution in [0, 0.1) is 5.82 Å².